The van der Waals surface area contributed by atoms with Gasteiger partial charge in [-0.1, -0.05) is 24.3 Å². The lowest BCUT2D eigenvalue weighted by atomic mass is 10.1. The minimum Gasteiger partial charge on any atom is -0.378 e. The molecule has 0 aliphatic carbocycles. The van der Waals surface area contributed by atoms with Crippen molar-refractivity contribution in [3.8, 4) is 0 Å². The van der Waals surface area contributed by atoms with Gasteiger partial charge in [0.1, 0.15) is 11.6 Å². The molecule has 8 heteroatoms. The van der Waals surface area contributed by atoms with E-state index in [1.807, 2.05) is 12.1 Å². The Morgan fingerprint density at radius 3 is 2.32 bits per heavy atom. The fraction of sp³-hybridized carbons (Fsp3) is 0.294. The number of hydrogen-bond acceptors (Lipinski definition) is 4. The molecule has 0 saturated carbocycles. The summed E-state index contributed by atoms with van der Waals surface area (Å²) >= 11 is 0. The average molecular weight is 368 g/mol. The van der Waals surface area contributed by atoms with Gasteiger partial charge < -0.3 is 9.64 Å². The summed E-state index contributed by atoms with van der Waals surface area (Å²) < 4.78 is 59.8. The van der Waals surface area contributed by atoms with Crippen LogP contribution in [-0.4, -0.2) is 34.7 Å². The minimum absolute atomic E-state index is 0.0658. The molecule has 1 fully saturated rings. The molecule has 3 rings (SSSR count). The predicted octanol–water partition coefficient (Wildman–Crippen LogP) is 2.28. The monoisotopic (exact) mass is 368 g/mol. The Hall–Kier alpha value is -2.03. The maximum Gasteiger partial charge on any atom is 0.246 e. The quantitative estimate of drug-likeness (QED) is 0.880. The van der Waals surface area contributed by atoms with Crippen LogP contribution in [0.15, 0.2) is 47.4 Å². The molecule has 1 heterocycles. The third-order valence-corrected chi connectivity index (χ3v) is 5.44. The Kier molecular flexibility index (Phi) is 5.31. The van der Waals surface area contributed by atoms with Gasteiger partial charge in [0.2, 0.25) is 10.0 Å². The van der Waals surface area contributed by atoms with Crippen LogP contribution in [0.2, 0.25) is 0 Å². The largest absolute Gasteiger partial charge is 0.378 e. The second-order valence-electron chi connectivity index (χ2n) is 5.60. The molecule has 1 N–H and O–H groups in total. The van der Waals surface area contributed by atoms with Crippen molar-refractivity contribution >= 4 is 15.7 Å². The van der Waals surface area contributed by atoms with E-state index in [0.717, 1.165) is 29.4 Å². The number of morpholine rings is 1. The lowest BCUT2D eigenvalue weighted by Gasteiger charge is -2.30. The van der Waals surface area contributed by atoms with E-state index in [0.29, 0.717) is 26.3 Å². The van der Waals surface area contributed by atoms with Gasteiger partial charge in [-0.2, -0.15) is 0 Å². The van der Waals surface area contributed by atoms with E-state index in [1.165, 1.54) is 0 Å². The van der Waals surface area contributed by atoms with Gasteiger partial charge in [-0.15, -0.1) is 0 Å². The lowest BCUT2D eigenvalue weighted by molar-refractivity contribution is 0.122. The molecule has 0 amide bonds. The zero-order valence-corrected chi connectivity index (χ0v) is 14.2. The Morgan fingerprint density at radius 1 is 1.00 bits per heavy atom. The van der Waals surface area contributed by atoms with Crippen LogP contribution in [0, 0.1) is 11.6 Å². The van der Waals surface area contributed by atoms with Gasteiger partial charge in [0, 0.05) is 25.3 Å². The SMILES string of the molecule is O=S(=O)(NCc1ccccc1N1CCOCC1)c1c(F)cccc1F. The summed E-state index contributed by atoms with van der Waals surface area (Å²) in [5.41, 5.74) is 1.60. The lowest BCUT2D eigenvalue weighted by Crippen LogP contribution is -2.37. The Morgan fingerprint density at radius 2 is 1.64 bits per heavy atom. The van der Waals surface area contributed by atoms with Crippen molar-refractivity contribution in [1.29, 1.82) is 0 Å². The van der Waals surface area contributed by atoms with Crippen molar-refractivity contribution in [1.82, 2.24) is 4.72 Å². The van der Waals surface area contributed by atoms with Gasteiger partial charge in [-0.05, 0) is 23.8 Å². The van der Waals surface area contributed by atoms with Crippen molar-refractivity contribution in [2.75, 3.05) is 31.2 Å². The Bertz CT molecular complexity index is 832. The van der Waals surface area contributed by atoms with Crippen LogP contribution >= 0.6 is 0 Å². The second-order valence-corrected chi connectivity index (χ2v) is 7.31. The summed E-state index contributed by atoms with van der Waals surface area (Å²) in [6, 6.07) is 10.3. The van der Waals surface area contributed by atoms with Gasteiger partial charge in [0.15, 0.2) is 4.90 Å². The maximum absolute atomic E-state index is 13.8. The number of nitrogens with one attached hydrogen (secondary N) is 1. The van der Waals surface area contributed by atoms with Gasteiger partial charge in [-0.25, -0.2) is 21.9 Å². The highest BCUT2D eigenvalue weighted by Crippen LogP contribution is 2.23. The highest BCUT2D eigenvalue weighted by molar-refractivity contribution is 7.89. The summed E-state index contributed by atoms with van der Waals surface area (Å²) in [6.07, 6.45) is 0. The summed E-state index contributed by atoms with van der Waals surface area (Å²) in [6.45, 7) is 2.53. The van der Waals surface area contributed by atoms with E-state index in [1.54, 1.807) is 12.1 Å². The number of nitrogens with zero attached hydrogens (tertiary/aromatic N) is 1. The summed E-state index contributed by atoms with van der Waals surface area (Å²) in [7, 11) is -4.31. The summed E-state index contributed by atoms with van der Waals surface area (Å²) in [4.78, 5) is 1.13. The van der Waals surface area contributed by atoms with E-state index in [9.17, 15) is 17.2 Å². The maximum atomic E-state index is 13.8. The number of rotatable bonds is 5. The molecule has 25 heavy (non-hydrogen) atoms. The second kappa shape index (κ2) is 7.47. The van der Waals surface area contributed by atoms with Gasteiger partial charge >= 0.3 is 0 Å². The minimum atomic E-state index is -4.31. The number of para-hydroxylation sites is 1. The van der Waals surface area contributed by atoms with E-state index in [2.05, 4.69) is 9.62 Å². The van der Waals surface area contributed by atoms with E-state index < -0.39 is 26.6 Å². The van der Waals surface area contributed by atoms with Crippen LogP contribution < -0.4 is 9.62 Å². The fourth-order valence-corrected chi connectivity index (χ4v) is 3.90. The van der Waals surface area contributed by atoms with Crippen LogP contribution in [0.25, 0.3) is 0 Å². The summed E-state index contributed by atoms with van der Waals surface area (Å²) in [5.74, 6) is -2.23. The van der Waals surface area contributed by atoms with Crippen LogP contribution in [0.3, 0.4) is 0 Å². The first-order valence-electron chi connectivity index (χ1n) is 7.83. The first-order valence-corrected chi connectivity index (χ1v) is 9.31. The molecule has 2 aromatic rings. The molecule has 0 unspecified atom stereocenters. The molecule has 0 atom stereocenters. The zero-order chi connectivity index (χ0) is 17.9. The molecule has 0 radical (unpaired) electrons. The molecule has 1 aliphatic rings. The number of hydrogen-bond donors (Lipinski definition) is 1. The molecule has 0 bridgehead atoms. The molecule has 2 aromatic carbocycles. The topological polar surface area (TPSA) is 58.6 Å². The van der Waals surface area contributed by atoms with Crippen LogP contribution in [0.4, 0.5) is 14.5 Å². The predicted molar refractivity (Wildman–Crippen MR) is 89.9 cm³/mol. The normalized spacial score (nSPS) is 15.4. The standard InChI is InChI=1S/C17H18F2N2O3S/c18-14-5-3-6-15(19)17(14)25(22,23)20-12-13-4-1-2-7-16(13)21-8-10-24-11-9-21/h1-7,20H,8-12H2. The first-order chi connectivity index (χ1) is 12.0. The number of halogens is 2. The first kappa shape index (κ1) is 17.8. The van der Waals surface area contributed by atoms with E-state index >= 15 is 0 Å². The zero-order valence-electron chi connectivity index (χ0n) is 13.4. The van der Waals surface area contributed by atoms with Gasteiger partial charge in [0.05, 0.1) is 13.2 Å². The molecular weight excluding hydrogens is 350 g/mol. The van der Waals surface area contributed by atoms with Crippen molar-refractivity contribution in [2.45, 2.75) is 11.4 Å². The van der Waals surface area contributed by atoms with Crippen LogP contribution in [0.1, 0.15) is 5.56 Å². The molecular formula is C17H18F2N2O3S. The number of sulfonamides is 1. The number of benzene rings is 2. The number of anilines is 1. The van der Waals surface area contributed by atoms with Gasteiger partial charge in [-0.3, -0.25) is 0 Å². The van der Waals surface area contributed by atoms with Crippen molar-refractivity contribution in [3.05, 3.63) is 59.7 Å². The average Bonchev–Trinajstić information content (AvgIpc) is 2.61. The molecule has 134 valence electrons. The van der Waals surface area contributed by atoms with Crippen molar-refractivity contribution < 1.29 is 21.9 Å². The molecule has 0 spiro atoms. The summed E-state index contributed by atoms with van der Waals surface area (Å²) in [5, 5.41) is 0. The Labute approximate surface area is 145 Å². The highest BCUT2D eigenvalue weighted by atomic mass is 32.2. The molecule has 5 nitrogen and oxygen atoms in total. The smallest absolute Gasteiger partial charge is 0.246 e. The van der Waals surface area contributed by atoms with Crippen LogP contribution in [0.5, 0.6) is 0 Å². The molecule has 0 aromatic heterocycles. The van der Waals surface area contributed by atoms with Crippen molar-refractivity contribution in [2.24, 2.45) is 0 Å². The number of ether oxygens (including phenoxy) is 1. The Balaban J connectivity index is 1.82. The molecule has 1 saturated heterocycles. The third kappa shape index (κ3) is 3.97. The van der Waals surface area contributed by atoms with Crippen LogP contribution in [-0.2, 0) is 21.3 Å². The van der Waals surface area contributed by atoms with E-state index in [4.69, 9.17) is 4.74 Å². The third-order valence-electron chi connectivity index (χ3n) is 3.98. The van der Waals surface area contributed by atoms with Gasteiger partial charge in [0.25, 0.3) is 0 Å². The highest BCUT2D eigenvalue weighted by Gasteiger charge is 2.24. The van der Waals surface area contributed by atoms with E-state index in [-0.39, 0.29) is 6.54 Å². The molecule has 1 aliphatic heterocycles. The van der Waals surface area contributed by atoms with Crippen molar-refractivity contribution in [3.63, 3.8) is 0 Å². The fourth-order valence-electron chi connectivity index (χ4n) is 2.76.